The van der Waals surface area contributed by atoms with Gasteiger partial charge in [0.15, 0.2) is 0 Å². The number of halogens is 1. The third-order valence-electron chi connectivity index (χ3n) is 2.45. The van der Waals surface area contributed by atoms with Crippen molar-refractivity contribution in [2.75, 3.05) is 19.7 Å². The second-order valence-electron chi connectivity index (χ2n) is 3.96. The van der Waals surface area contributed by atoms with Crippen molar-refractivity contribution in [3.05, 3.63) is 29.3 Å². The number of nitrogens with two attached hydrogens (primary N) is 1. The lowest BCUT2D eigenvalue weighted by Crippen LogP contribution is -2.29. The van der Waals surface area contributed by atoms with Crippen LogP contribution in [0, 0.1) is 13.8 Å². The molecule has 1 rings (SSSR count). The Morgan fingerprint density at radius 3 is 2.50 bits per heavy atom. The van der Waals surface area contributed by atoms with E-state index in [-0.39, 0.29) is 18.3 Å². The number of benzene rings is 1. The maximum Gasteiger partial charge on any atom is 0.221 e. The molecule has 4 nitrogen and oxygen atoms in total. The zero-order chi connectivity index (χ0) is 12.7. The molecule has 0 saturated carbocycles. The number of hydrogen-bond acceptors (Lipinski definition) is 3. The monoisotopic (exact) mass is 272 g/mol. The predicted octanol–water partition coefficient (Wildman–Crippen LogP) is 1.57. The van der Waals surface area contributed by atoms with Crippen LogP contribution in [0.4, 0.5) is 0 Å². The van der Waals surface area contributed by atoms with Crippen molar-refractivity contribution >= 4 is 18.3 Å². The molecule has 0 heterocycles. The summed E-state index contributed by atoms with van der Waals surface area (Å²) in [7, 11) is 0. The molecule has 0 spiro atoms. The number of aryl methyl sites for hydroxylation is 2. The van der Waals surface area contributed by atoms with Crippen molar-refractivity contribution < 1.29 is 9.53 Å². The van der Waals surface area contributed by atoms with Gasteiger partial charge in [0.1, 0.15) is 12.4 Å². The van der Waals surface area contributed by atoms with Crippen LogP contribution in [-0.4, -0.2) is 25.6 Å². The van der Waals surface area contributed by atoms with Crippen LogP contribution in [0.1, 0.15) is 17.5 Å². The highest BCUT2D eigenvalue weighted by atomic mass is 35.5. The van der Waals surface area contributed by atoms with Crippen LogP contribution < -0.4 is 15.8 Å². The van der Waals surface area contributed by atoms with E-state index in [4.69, 9.17) is 10.5 Å². The van der Waals surface area contributed by atoms with Crippen LogP contribution in [0.15, 0.2) is 18.2 Å². The summed E-state index contributed by atoms with van der Waals surface area (Å²) in [5.41, 5.74) is 7.49. The Morgan fingerprint density at radius 1 is 1.33 bits per heavy atom. The normalized spacial score (nSPS) is 9.50. The molecular weight excluding hydrogens is 252 g/mol. The van der Waals surface area contributed by atoms with Gasteiger partial charge in [0, 0.05) is 13.0 Å². The molecule has 0 saturated heterocycles. The minimum atomic E-state index is -0.0300. The van der Waals surface area contributed by atoms with Crippen molar-refractivity contribution in [2.24, 2.45) is 5.73 Å². The maximum atomic E-state index is 11.1. The number of amides is 1. The van der Waals surface area contributed by atoms with Crippen LogP contribution in [0.5, 0.6) is 5.75 Å². The van der Waals surface area contributed by atoms with Crippen molar-refractivity contribution in [1.82, 2.24) is 5.32 Å². The Labute approximate surface area is 114 Å². The van der Waals surface area contributed by atoms with Crippen LogP contribution in [0.25, 0.3) is 0 Å². The molecule has 0 fully saturated rings. The van der Waals surface area contributed by atoms with Crippen LogP contribution in [0.3, 0.4) is 0 Å². The van der Waals surface area contributed by atoms with Crippen molar-refractivity contribution in [3.8, 4) is 5.75 Å². The van der Waals surface area contributed by atoms with E-state index in [1.807, 2.05) is 32.0 Å². The number of nitrogens with one attached hydrogen (secondary N) is 1. The van der Waals surface area contributed by atoms with Gasteiger partial charge in [-0.05, 0) is 25.0 Å². The molecule has 0 unspecified atom stereocenters. The topological polar surface area (TPSA) is 64.3 Å². The molecule has 1 amide bonds. The molecule has 0 aliphatic rings. The molecule has 3 N–H and O–H groups in total. The van der Waals surface area contributed by atoms with Gasteiger partial charge in [-0.25, -0.2) is 0 Å². The van der Waals surface area contributed by atoms with Crippen LogP contribution >= 0.6 is 12.4 Å². The lowest BCUT2D eigenvalue weighted by atomic mass is 10.1. The zero-order valence-electron chi connectivity index (χ0n) is 10.9. The fourth-order valence-electron chi connectivity index (χ4n) is 1.59. The summed E-state index contributed by atoms with van der Waals surface area (Å²) in [5, 5.41) is 2.75. The Hall–Kier alpha value is -1.26. The minimum Gasteiger partial charge on any atom is -0.491 e. The average Bonchev–Trinajstić information content (AvgIpc) is 2.28. The summed E-state index contributed by atoms with van der Waals surface area (Å²) in [6, 6.07) is 6.02. The average molecular weight is 273 g/mol. The molecule has 0 radical (unpaired) electrons. The highest BCUT2D eigenvalue weighted by molar-refractivity contribution is 5.85. The molecule has 0 aliphatic carbocycles. The molecule has 5 heteroatoms. The highest BCUT2D eigenvalue weighted by Gasteiger charge is 2.03. The smallest absolute Gasteiger partial charge is 0.221 e. The minimum absolute atomic E-state index is 0. The number of para-hydroxylation sites is 1. The van der Waals surface area contributed by atoms with Gasteiger partial charge >= 0.3 is 0 Å². The Kier molecular flexibility index (Phi) is 8.16. The van der Waals surface area contributed by atoms with Gasteiger partial charge in [0.2, 0.25) is 5.91 Å². The summed E-state index contributed by atoms with van der Waals surface area (Å²) in [6.45, 7) is 5.38. The Balaban J connectivity index is 0.00000289. The fraction of sp³-hybridized carbons (Fsp3) is 0.462. The standard InChI is InChI=1S/C13H20N2O2.ClH/c1-10-4-3-5-11(2)13(10)17-9-8-15-12(16)6-7-14;/h3-5H,6-9,14H2,1-2H3,(H,15,16);1H. The fourth-order valence-corrected chi connectivity index (χ4v) is 1.59. The quantitative estimate of drug-likeness (QED) is 0.773. The maximum absolute atomic E-state index is 11.1. The summed E-state index contributed by atoms with van der Waals surface area (Å²) in [5.74, 6) is 0.873. The Morgan fingerprint density at radius 2 is 1.94 bits per heavy atom. The molecule has 0 aromatic heterocycles. The van der Waals surface area contributed by atoms with E-state index < -0.39 is 0 Å². The molecule has 0 aliphatic heterocycles. The molecule has 0 bridgehead atoms. The Bertz CT molecular complexity index is 363. The first kappa shape index (κ1) is 16.7. The van der Waals surface area contributed by atoms with Gasteiger partial charge < -0.3 is 15.8 Å². The predicted molar refractivity (Wildman–Crippen MR) is 75.3 cm³/mol. The van der Waals surface area contributed by atoms with Gasteiger partial charge in [0.05, 0.1) is 6.54 Å². The third-order valence-corrected chi connectivity index (χ3v) is 2.45. The van der Waals surface area contributed by atoms with E-state index in [9.17, 15) is 4.79 Å². The van der Waals surface area contributed by atoms with E-state index in [1.165, 1.54) is 0 Å². The summed E-state index contributed by atoms with van der Waals surface area (Å²) < 4.78 is 5.65. The lowest BCUT2D eigenvalue weighted by molar-refractivity contribution is -0.120. The van der Waals surface area contributed by atoms with Gasteiger partial charge in [-0.3, -0.25) is 4.79 Å². The second-order valence-corrected chi connectivity index (χ2v) is 3.96. The highest BCUT2D eigenvalue weighted by Crippen LogP contribution is 2.21. The van der Waals surface area contributed by atoms with Crippen molar-refractivity contribution in [1.29, 1.82) is 0 Å². The first-order valence-electron chi connectivity index (χ1n) is 5.81. The molecule has 0 atom stereocenters. The van der Waals surface area contributed by atoms with Crippen molar-refractivity contribution in [3.63, 3.8) is 0 Å². The first-order valence-corrected chi connectivity index (χ1v) is 5.81. The number of rotatable bonds is 6. The zero-order valence-corrected chi connectivity index (χ0v) is 11.7. The molecule has 1 aromatic rings. The first-order chi connectivity index (χ1) is 8.15. The van der Waals surface area contributed by atoms with E-state index in [2.05, 4.69) is 5.32 Å². The van der Waals surface area contributed by atoms with Gasteiger partial charge in [-0.1, -0.05) is 18.2 Å². The van der Waals surface area contributed by atoms with Gasteiger partial charge in [-0.2, -0.15) is 0 Å². The summed E-state index contributed by atoms with van der Waals surface area (Å²) in [6.07, 6.45) is 0.364. The SMILES string of the molecule is Cc1cccc(C)c1OCCNC(=O)CCN.Cl. The number of ether oxygens (including phenoxy) is 1. The van der Waals surface area contributed by atoms with Crippen LogP contribution in [-0.2, 0) is 4.79 Å². The van der Waals surface area contributed by atoms with Gasteiger partial charge in [0.25, 0.3) is 0 Å². The number of carbonyl (C=O) groups excluding carboxylic acids is 1. The molecule has 102 valence electrons. The third kappa shape index (κ3) is 5.38. The molecular formula is C13H21ClN2O2. The molecule has 18 heavy (non-hydrogen) atoms. The van der Waals surface area contributed by atoms with E-state index in [0.29, 0.717) is 26.1 Å². The second kappa shape index (κ2) is 8.78. The van der Waals surface area contributed by atoms with Gasteiger partial charge in [-0.15, -0.1) is 12.4 Å². The van der Waals surface area contributed by atoms with Crippen LogP contribution in [0.2, 0.25) is 0 Å². The number of hydrogen-bond donors (Lipinski definition) is 2. The lowest BCUT2D eigenvalue weighted by Gasteiger charge is -2.12. The molecule has 1 aromatic carbocycles. The number of carbonyl (C=O) groups is 1. The summed E-state index contributed by atoms with van der Waals surface area (Å²) in [4.78, 5) is 11.1. The van der Waals surface area contributed by atoms with E-state index in [0.717, 1.165) is 16.9 Å². The van der Waals surface area contributed by atoms with Crippen molar-refractivity contribution in [2.45, 2.75) is 20.3 Å². The van der Waals surface area contributed by atoms with E-state index in [1.54, 1.807) is 0 Å². The van der Waals surface area contributed by atoms with E-state index >= 15 is 0 Å². The largest absolute Gasteiger partial charge is 0.491 e. The summed E-state index contributed by atoms with van der Waals surface area (Å²) >= 11 is 0.